The molecule has 0 aromatic rings. The van der Waals surface area contributed by atoms with Gasteiger partial charge in [0.25, 0.3) is 0 Å². The zero-order chi connectivity index (χ0) is 15.6. The number of hydrogen-bond acceptors (Lipinski definition) is 5. The van der Waals surface area contributed by atoms with Crippen LogP contribution in [-0.4, -0.2) is 63.4 Å². The first-order valence-electron chi connectivity index (χ1n) is 7.58. The van der Waals surface area contributed by atoms with Gasteiger partial charge in [-0.25, -0.2) is 0 Å². The smallest absolute Gasteiger partial charge is 0.235 e. The predicted octanol–water partition coefficient (Wildman–Crippen LogP) is 0.924. The van der Waals surface area contributed by atoms with Crippen molar-refractivity contribution in [2.24, 2.45) is 0 Å². The van der Waals surface area contributed by atoms with Crippen LogP contribution in [0.4, 0.5) is 0 Å². The Hall–Kier alpha value is -1.16. The van der Waals surface area contributed by atoms with Gasteiger partial charge in [-0.05, 0) is 12.8 Å². The lowest BCUT2D eigenvalue weighted by atomic mass is 9.83. The zero-order valence-electron chi connectivity index (χ0n) is 13.2. The standard InChI is InChI=1S/C15H27N3O3/c1-20-10-8-18(9-11-21-2)12-14(19)17-15(13-16)6-4-3-5-7-15/h3-12H2,1-2H3,(H,17,19). The summed E-state index contributed by atoms with van der Waals surface area (Å²) < 4.78 is 10.1. The van der Waals surface area contributed by atoms with E-state index < -0.39 is 5.54 Å². The van der Waals surface area contributed by atoms with Gasteiger partial charge in [-0.2, -0.15) is 5.26 Å². The van der Waals surface area contributed by atoms with Crippen LogP contribution in [0, 0.1) is 11.3 Å². The highest BCUT2D eigenvalue weighted by atomic mass is 16.5. The van der Waals surface area contributed by atoms with Crippen molar-refractivity contribution >= 4 is 5.91 Å². The Morgan fingerprint density at radius 2 is 1.76 bits per heavy atom. The topological polar surface area (TPSA) is 74.6 Å². The van der Waals surface area contributed by atoms with Crippen LogP contribution in [0.1, 0.15) is 32.1 Å². The van der Waals surface area contributed by atoms with Gasteiger partial charge < -0.3 is 14.8 Å². The van der Waals surface area contributed by atoms with Gasteiger partial charge in [-0.3, -0.25) is 9.69 Å². The van der Waals surface area contributed by atoms with E-state index in [0.717, 1.165) is 32.1 Å². The number of ether oxygens (including phenoxy) is 2. The van der Waals surface area contributed by atoms with Crippen LogP contribution >= 0.6 is 0 Å². The fraction of sp³-hybridized carbons (Fsp3) is 0.867. The van der Waals surface area contributed by atoms with Crippen LogP contribution in [0.5, 0.6) is 0 Å². The molecule has 21 heavy (non-hydrogen) atoms. The Kier molecular flexibility index (Phi) is 8.28. The third kappa shape index (κ3) is 6.42. The van der Waals surface area contributed by atoms with E-state index in [4.69, 9.17) is 9.47 Å². The van der Waals surface area contributed by atoms with E-state index >= 15 is 0 Å². The number of nitrogens with zero attached hydrogens (tertiary/aromatic N) is 2. The van der Waals surface area contributed by atoms with Crippen LogP contribution in [0.2, 0.25) is 0 Å². The normalized spacial score (nSPS) is 17.4. The maximum absolute atomic E-state index is 12.2. The highest BCUT2D eigenvalue weighted by molar-refractivity contribution is 5.79. The van der Waals surface area contributed by atoms with Crippen LogP contribution in [0.25, 0.3) is 0 Å². The van der Waals surface area contributed by atoms with Gasteiger partial charge in [0.1, 0.15) is 5.54 Å². The number of amides is 1. The molecule has 1 aliphatic rings. The molecule has 120 valence electrons. The molecule has 6 nitrogen and oxygen atoms in total. The second-order valence-corrected chi connectivity index (χ2v) is 5.56. The zero-order valence-corrected chi connectivity index (χ0v) is 13.2. The average molecular weight is 297 g/mol. The molecule has 0 spiro atoms. The van der Waals surface area contributed by atoms with E-state index in [0.29, 0.717) is 26.3 Å². The lowest BCUT2D eigenvalue weighted by Gasteiger charge is -2.32. The molecule has 0 unspecified atom stereocenters. The molecule has 0 bridgehead atoms. The molecule has 0 aromatic heterocycles. The van der Waals surface area contributed by atoms with Gasteiger partial charge >= 0.3 is 0 Å². The van der Waals surface area contributed by atoms with Gasteiger partial charge in [0.15, 0.2) is 0 Å². The van der Waals surface area contributed by atoms with E-state index in [1.54, 1.807) is 14.2 Å². The van der Waals surface area contributed by atoms with Crippen molar-refractivity contribution in [3.63, 3.8) is 0 Å². The summed E-state index contributed by atoms with van der Waals surface area (Å²) >= 11 is 0. The van der Waals surface area contributed by atoms with E-state index in [9.17, 15) is 10.1 Å². The summed E-state index contributed by atoms with van der Waals surface area (Å²) in [5.41, 5.74) is -0.663. The number of nitrogens with one attached hydrogen (secondary N) is 1. The Morgan fingerprint density at radius 3 is 2.24 bits per heavy atom. The number of carbonyl (C=O) groups excluding carboxylic acids is 1. The monoisotopic (exact) mass is 297 g/mol. The fourth-order valence-electron chi connectivity index (χ4n) is 2.64. The number of nitriles is 1. The molecule has 0 radical (unpaired) electrons. The Labute approximate surface area is 127 Å². The Morgan fingerprint density at radius 1 is 1.19 bits per heavy atom. The molecule has 1 aliphatic carbocycles. The molecule has 0 saturated heterocycles. The molecule has 0 aromatic carbocycles. The molecule has 1 saturated carbocycles. The van der Waals surface area contributed by atoms with Crippen molar-refractivity contribution in [3.05, 3.63) is 0 Å². The molecule has 0 aliphatic heterocycles. The summed E-state index contributed by atoms with van der Waals surface area (Å²) in [6.07, 6.45) is 4.67. The Balaban J connectivity index is 2.49. The van der Waals surface area contributed by atoms with Gasteiger partial charge in [0.05, 0.1) is 25.8 Å². The predicted molar refractivity (Wildman–Crippen MR) is 79.8 cm³/mol. The average Bonchev–Trinajstić information content (AvgIpc) is 2.50. The number of rotatable bonds is 9. The molecular weight excluding hydrogens is 270 g/mol. The summed E-state index contributed by atoms with van der Waals surface area (Å²) in [7, 11) is 3.28. The van der Waals surface area contributed by atoms with Crippen molar-refractivity contribution < 1.29 is 14.3 Å². The second kappa shape index (κ2) is 9.72. The largest absolute Gasteiger partial charge is 0.383 e. The van der Waals surface area contributed by atoms with Gasteiger partial charge in [0.2, 0.25) is 5.91 Å². The highest BCUT2D eigenvalue weighted by Gasteiger charge is 2.33. The van der Waals surface area contributed by atoms with Crippen molar-refractivity contribution in [1.82, 2.24) is 10.2 Å². The SMILES string of the molecule is COCCN(CCOC)CC(=O)NC1(C#N)CCCCC1. The van der Waals surface area contributed by atoms with Crippen molar-refractivity contribution in [2.45, 2.75) is 37.6 Å². The summed E-state index contributed by atoms with van der Waals surface area (Å²) in [5, 5.41) is 12.3. The Bertz CT molecular complexity index is 341. The van der Waals surface area contributed by atoms with Crippen LogP contribution in [-0.2, 0) is 14.3 Å². The fourth-order valence-corrected chi connectivity index (χ4v) is 2.64. The number of methoxy groups -OCH3 is 2. The third-order valence-electron chi connectivity index (χ3n) is 3.89. The third-order valence-corrected chi connectivity index (χ3v) is 3.89. The second-order valence-electron chi connectivity index (χ2n) is 5.56. The van der Waals surface area contributed by atoms with Gasteiger partial charge in [-0.15, -0.1) is 0 Å². The van der Waals surface area contributed by atoms with Crippen molar-refractivity contribution in [2.75, 3.05) is 47.1 Å². The maximum Gasteiger partial charge on any atom is 0.235 e. The lowest BCUT2D eigenvalue weighted by molar-refractivity contribution is -0.124. The first-order chi connectivity index (χ1) is 10.2. The molecule has 1 amide bonds. The summed E-state index contributed by atoms with van der Waals surface area (Å²) in [5.74, 6) is -0.0920. The van der Waals surface area contributed by atoms with Crippen LogP contribution in [0.15, 0.2) is 0 Å². The molecule has 0 heterocycles. The first kappa shape index (κ1) is 17.9. The minimum atomic E-state index is -0.663. The van der Waals surface area contributed by atoms with Crippen molar-refractivity contribution in [1.29, 1.82) is 5.26 Å². The number of hydrogen-bond donors (Lipinski definition) is 1. The summed E-state index contributed by atoms with van der Waals surface area (Å²) in [6.45, 7) is 2.76. The summed E-state index contributed by atoms with van der Waals surface area (Å²) in [6, 6.07) is 2.31. The lowest BCUT2D eigenvalue weighted by Crippen LogP contribution is -2.52. The van der Waals surface area contributed by atoms with E-state index in [1.165, 1.54) is 0 Å². The highest BCUT2D eigenvalue weighted by Crippen LogP contribution is 2.27. The molecule has 1 N–H and O–H groups in total. The van der Waals surface area contributed by atoms with E-state index in [2.05, 4.69) is 11.4 Å². The molecule has 1 rings (SSSR count). The molecule has 0 atom stereocenters. The minimum absolute atomic E-state index is 0.0920. The van der Waals surface area contributed by atoms with Crippen LogP contribution < -0.4 is 5.32 Å². The maximum atomic E-state index is 12.2. The quantitative estimate of drug-likeness (QED) is 0.685. The summed E-state index contributed by atoms with van der Waals surface area (Å²) in [4.78, 5) is 14.2. The van der Waals surface area contributed by atoms with Crippen LogP contribution in [0.3, 0.4) is 0 Å². The molecule has 1 fully saturated rings. The van der Waals surface area contributed by atoms with E-state index in [-0.39, 0.29) is 12.5 Å². The van der Waals surface area contributed by atoms with E-state index in [1.807, 2.05) is 4.90 Å². The number of carbonyl (C=O) groups is 1. The van der Waals surface area contributed by atoms with Gasteiger partial charge in [0, 0.05) is 27.3 Å². The molecule has 6 heteroatoms. The minimum Gasteiger partial charge on any atom is -0.383 e. The first-order valence-corrected chi connectivity index (χ1v) is 7.58. The van der Waals surface area contributed by atoms with Gasteiger partial charge in [-0.1, -0.05) is 19.3 Å². The van der Waals surface area contributed by atoms with Crippen molar-refractivity contribution in [3.8, 4) is 6.07 Å². The molecular formula is C15H27N3O3.